The molecule has 1 aromatic rings. The molecule has 23 heavy (non-hydrogen) atoms. The number of hydrogen-bond acceptors (Lipinski definition) is 4. The summed E-state index contributed by atoms with van der Waals surface area (Å²) in [5.41, 5.74) is -1.24. The first-order valence-electron chi connectivity index (χ1n) is 8.26. The van der Waals surface area contributed by atoms with Crippen LogP contribution in [0, 0.1) is 5.92 Å². The molecule has 6 heteroatoms. The van der Waals surface area contributed by atoms with Crippen molar-refractivity contribution in [2.45, 2.75) is 45.1 Å². The van der Waals surface area contributed by atoms with Crippen LogP contribution in [0.1, 0.15) is 45.3 Å². The highest BCUT2D eigenvalue weighted by atomic mass is 16.4. The third-order valence-corrected chi connectivity index (χ3v) is 4.27. The number of aliphatic hydroxyl groups is 1. The van der Waals surface area contributed by atoms with Gasteiger partial charge < -0.3 is 19.7 Å². The Labute approximate surface area is 136 Å². The zero-order chi connectivity index (χ0) is 16.9. The van der Waals surface area contributed by atoms with E-state index in [0.29, 0.717) is 18.7 Å². The third-order valence-electron chi connectivity index (χ3n) is 4.27. The fraction of sp³-hybridized carbons (Fsp3) is 0.647. The molecule has 2 atom stereocenters. The molecular formula is C17H26N2O4. The van der Waals surface area contributed by atoms with Gasteiger partial charge in [-0.3, -0.25) is 9.59 Å². The summed E-state index contributed by atoms with van der Waals surface area (Å²) in [6.45, 7) is 4.85. The Morgan fingerprint density at radius 3 is 2.96 bits per heavy atom. The molecule has 0 bridgehead atoms. The van der Waals surface area contributed by atoms with Gasteiger partial charge in [-0.2, -0.15) is 0 Å². The first-order valence-corrected chi connectivity index (χ1v) is 8.26. The van der Waals surface area contributed by atoms with E-state index in [1.54, 1.807) is 24.0 Å². The summed E-state index contributed by atoms with van der Waals surface area (Å²) in [5.74, 6) is 0.205. The molecule has 0 spiro atoms. The number of furan rings is 1. The summed E-state index contributed by atoms with van der Waals surface area (Å²) in [6.07, 6.45) is 4.44. The minimum Gasteiger partial charge on any atom is -0.466 e. The van der Waals surface area contributed by atoms with Crippen molar-refractivity contribution in [3.05, 3.63) is 24.2 Å². The van der Waals surface area contributed by atoms with Crippen molar-refractivity contribution in [1.29, 1.82) is 0 Å². The van der Waals surface area contributed by atoms with Gasteiger partial charge >= 0.3 is 0 Å². The van der Waals surface area contributed by atoms with Crippen molar-refractivity contribution in [3.63, 3.8) is 0 Å². The van der Waals surface area contributed by atoms with Crippen LogP contribution in [0.15, 0.2) is 22.8 Å². The standard InChI is InChI=1S/C17H26N2O4/c1-3-6-15(20)19-9-4-7-13(11-19)16(21)18-12-17(2,22)14-8-5-10-23-14/h5,8,10,13,22H,3-4,6-7,9,11-12H2,1-2H3,(H,18,21). The van der Waals surface area contributed by atoms with Crippen LogP contribution in [0.3, 0.4) is 0 Å². The predicted octanol–water partition coefficient (Wildman–Crippen LogP) is 1.64. The van der Waals surface area contributed by atoms with Gasteiger partial charge in [-0.05, 0) is 38.3 Å². The lowest BCUT2D eigenvalue weighted by molar-refractivity contribution is -0.136. The Bertz CT molecular complexity index is 525. The van der Waals surface area contributed by atoms with Gasteiger partial charge in [0, 0.05) is 19.5 Å². The molecule has 1 aliphatic heterocycles. The first-order chi connectivity index (χ1) is 10.9. The van der Waals surface area contributed by atoms with E-state index in [0.717, 1.165) is 25.8 Å². The topological polar surface area (TPSA) is 82.8 Å². The zero-order valence-corrected chi connectivity index (χ0v) is 13.9. The molecule has 1 aromatic heterocycles. The van der Waals surface area contributed by atoms with Gasteiger partial charge in [0.05, 0.1) is 18.7 Å². The Balaban J connectivity index is 1.86. The van der Waals surface area contributed by atoms with Crippen LogP contribution < -0.4 is 5.32 Å². The number of carbonyl (C=O) groups is 2. The fourth-order valence-corrected chi connectivity index (χ4v) is 2.87. The second-order valence-electron chi connectivity index (χ2n) is 6.40. The molecule has 2 N–H and O–H groups in total. The number of likely N-dealkylation sites (tertiary alicyclic amines) is 1. The highest BCUT2D eigenvalue weighted by Gasteiger charge is 2.31. The van der Waals surface area contributed by atoms with E-state index in [9.17, 15) is 14.7 Å². The van der Waals surface area contributed by atoms with Gasteiger partial charge in [-0.25, -0.2) is 0 Å². The second kappa shape index (κ2) is 7.64. The fourth-order valence-electron chi connectivity index (χ4n) is 2.87. The van der Waals surface area contributed by atoms with Crippen LogP contribution in [-0.2, 0) is 15.2 Å². The van der Waals surface area contributed by atoms with Gasteiger partial charge in [-0.15, -0.1) is 0 Å². The van der Waals surface area contributed by atoms with E-state index >= 15 is 0 Å². The van der Waals surface area contributed by atoms with Crippen molar-refractivity contribution in [2.75, 3.05) is 19.6 Å². The predicted molar refractivity (Wildman–Crippen MR) is 85.5 cm³/mol. The summed E-state index contributed by atoms with van der Waals surface area (Å²) in [6, 6.07) is 3.38. The summed E-state index contributed by atoms with van der Waals surface area (Å²) in [5, 5.41) is 13.1. The zero-order valence-electron chi connectivity index (χ0n) is 13.9. The molecule has 0 aliphatic carbocycles. The molecule has 128 valence electrons. The summed E-state index contributed by atoms with van der Waals surface area (Å²) < 4.78 is 5.20. The van der Waals surface area contributed by atoms with Gasteiger partial charge in [0.2, 0.25) is 11.8 Å². The van der Waals surface area contributed by atoms with Crippen LogP contribution in [0.25, 0.3) is 0 Å². The average molecular weight is 322 g/mol. The molecule has 1 aliphatic rings. The molecule has 2 heterocycles. The Morgan fingerprint density at radius 2 is 2.30 bits per heavy atom. The smallest absolute Gasteiger partial charge is 0.225 e. The number of rotatable bonds is 6. The molecule has 6 nitrogen and oxygen atoms in total. The van der Waals surface area contributed by atoms with Gasteiger partial charge in [-0.1, -0.05) is 6.92 Å². The van der Waals surface area contributed by atoms with Crippen molar-refractivity contribution in [1.82, 2.24) is 10.2 Å². The van der Waals surface area contributed by atoms with Crippen molar-refractivity contribution < 1.29 is 19.1 Å². The molecule has 2 rings (SSSR count). The number of amides is 2. The van der Waals surface area contributed by atoms with E-state index in [1.807, 2.05) is 6.92 Å². The Kier molecular flexibility index (Phi) is 5.82. The van der Waals surface area contributed by atoms with E-state index in [-0.39, 0.29) is 24.3 Å². The molecule has 2 amide bonds. The van der Waals surface area contributed by atoms with E-state index in [4.69, 9.17) is 4.42 Å². The number of piperidine rings is 1. The van der Waals surface area contributed by atoms with Crippen molar-refractivity contribution in [3.8, 4) is 0 Å². The SMILES string of the molecule is CCCC(=O)N1CCCC(C(=O)NCC(C)(O)c2ccco2)C1. The number of hydrogen-bond donors (Lipinski definition) is 2. The molecular weight excluding hydrogens is 296 g/mol. The maximum Gasteiger partial charge on any atom is 0.225 e. The van der Waals surface area contributed by atoms with Crippen LogP contribution in [0.2, 0.25) is 0 Å². The van der Waals surface area contributed by atoms with Crippen LogP contribution in [0.4, 0.5) is 0 Å². The highest BCUT2D eigenvalue weighted by Crippen LogP contribution is 2.21. The number of nitrogens with one attached hydrogen (secondary N) is 1. The molecule has 0 aromatic carbocycles. The average Bonchev–Trinajstić information content (AvgIpc) is 3.08. The maximum atomic E-state index is 12.3. The number of carbonyl (C=O) groups excluding carboxylic acids is 2. The minimum absolute atomic E-state index is 0.0821. The van der Waals surface area contributed by atoms with Crippen LogP contribution >= 0.6 is 0 Å². The van der Waals surface area contributed by atoms with Crippen molar-refractivity contribution >= 4 is 11.8 Å². The Hall–Kier alpha value is -1.82. The lowest BCUT2D eigenvalue weighted by atomic mass is 9.96. The highest BCUT2D eigenvalue weighted by molar-refractivity contribution is 5.81. The normalized spacial score (nSPS) is 20.8. The molecule has 1 fully saturated rings. The van der Waals surface area contributed by atoms with Gasteiger partial charge in [0.25, 0.3) is 0 Å². The Morgan fingerprint density at radius 1 is 1.52 bits per heavy atom. The van der Waals surface area contributed by atoms with Crippen LogP contribution in [-0.4, -0.2) is 41.5 Å². The second-order valence-corrected chi connectivity index (χ2v) is 6.40. The number of nitrogens with zero attached hydrogens (tertiary/aromatic N) is 1. The molecule has 1 saturated heterocycles. The summed E-state index contributed by atoms with van der Waals surface area (Å²) in [4.78, 5) is 26.1. The van der Waals surface area contributed by atoms with E-state index < -0.39 is 5.60 Å². The molecule has 0 radical (unpaired) electrons. The monoisotopic (exact) mass is 322 g/mol. The first kappa shape index (κ1) is 17.5. The van der Waals surface area contributed by atoms with Gasteiger partial charge in [0.15, 0.2) is 0 Å². The largest absolute Gasteiger partial charge is 0.466 e. The van der Waals surface area contributed by atoms with E-state index in [1.165, 1.54) is 6.26 Å². The summed E-state index contributed by atoms with van der Waals surface area (Å²) in [7, 11) is 0. The lowest BCUT2D eigenvalue weighted by Crippen LogP contribution is -2.47. The van der Waals surface area contributed by atoms with Gasteiger partial charge in [0.1, 0.15) is 11.4 Å². The molecule has 2 unspecified atom stereocenters. The molecule has 0 saturated carbocycles. The van der Waals surface area contributed by atoms with Crippen LogP contribution in [0.5, 0.6) is 0 Å². The third kappa shape index (κ3) is 4.58. The maximum absolute atomic E-state index is 12.3. The lowest BCUT2D eigenvalue weighted by Gasteiger charge is -2.32. The van der Waals surface area contributed by atoms with Crippen molar-refractivity contribution in [2.24, 2.45) is 5.92 Å². The minimum atomic E-state index is -1.24. The van der Waals surface area contributed by atoms with E-state index in [2.05, 4.69) is 5.32 Å². The quantitative estimate of drug-likeness (QED) is 0.834. The summed E-state index contributed by atoms with van der Waals surface area (Å²) >= 11 is 0.